The van der Waals surface area contributed by atoms with Crippen molar-refractivity contribution in [2.45, 2.75) is 25.8 Å². The van der Waals surface area contributed by atoms with Crippen LogP contribution in [0.2, 0.25) is 0 Å². The highest BCUT2D eigenvalue weighted by atomic mass is 16.6. The molecular weight excluding hydrogens is 260 g/mol. The molecule has 0 spiro atoms. The van der Waals surface area contributed by atoms with E-state index in [1.165, 1.54) is 6.07 Å². The van der Waals surface area contributed by atoms with Crippen molar-refractivity contribution in [2.24, 2.45) is 11.7 Å². The quantitative estimate of drug-likeness (QED) is 0.677. The number of rotatable bonds is 4. The molecule has 7 heteroatoms. The van der Waals surface area contributed by atoms with E-state index in [9.17, 15) is 10.1 Å². The molecule has 20 heavy (non-hydrogen) atoms. The summed E-state index contributed by atoms with van der Waals surface area (Å²) in [4.78, 5) is 14.7. The summed E-state index contributed by atoms with van der Waals surface area (Å²) >= 11 is 0. The summed E-state index contributed by atoms with van der Waals surface area (Å²) in [6, 6.07) is 4.52. The lowest BCUT2D eigenvalue weighted by Crippen LogP contribution is -2.13. The Morgan fingerprint density at radius 2 is 2.25 bits per heavy atom. The van der Waals surface area contributed by atoms with Crippen LogP contribution in [0.25, 0.3) is 11.5 Å². The molecule has 1 aromatic heterocycles. The molecule has 1 unspecified atom stereocenters. The number of nitro benzene ring substituents is 1. The maximum absolute atomic E-state index is 10.8. The average molecular weight is 274 g/mol. The molecule has 0 amide bonds. The third-order valence-electron chi connectivity index (χ3n) is 3.51. The summed E-state index contributed by atoms with van der Waals surface area (Å²) in [5.74, 6) is 1.28. The van der Waals surface area contributed by atoms with Crippen LogP contribution in [-0.4, -0.2) is 15.1 Å². The topological polar surface area (TPSA) is 108 Å². The second-order valence-electron chi connectivity index (χ2n) is 5.08. The molecule has 1 saturated carbocycles. The summed E-state index contributed by atoms with van der Waals surface area (Å²) in [5.41, 5.74) is 7.30. The normalized spacial score (nSPS) is 16.1. The van der Waals surface area contributed by atoms with Crippen molar-refractivity contribution in [3.63, 3.8) is 0 Å². The van der Waals surface area contributed by atoms with E-state index in [2.05, 4.69) is 10.1 Å². The van der Waals surface area contributed by atoms with Gasteiger partial charge in [-0.05, 0) is 37.8 Å². The van der Waals surface area contributed by atoms with Gasteiger partial charge in [0.25, 0.3) is 11.6 Å². The van der Waals surface area contributed by atoms with Crippen LogP contribution in [-0.2, 0) is 0 Å². The predicted octanol–water partition coefficient (Wildman–Crippen LogP) is 2.36. The summed E-state index contributed by atoms with van der Waals surface area (Å²) in [5, 5.41) is 14.7. The first-order chi connectivity index (χ1) is 9.56. The van der Waals surface area contributed by atoms with Gasteiger partial charge in [-0.2, -0.15) is 4.98 Å². The molecule has 1 aliphatic rings. The lowest BCUT2D eigenvalue weighted by Gasteiger charge is -2.02. The highest BCUT2D eigenvalue weighted by Gasteiger charge is 2.32. The second kappa shape index (κ2) is 4.68. The van der Waals surface area contributed by atoms with E-state index in [4.69, 9.17) is 10.3 Å². The van der Waals surface area contributed by atoms with E-state index in [1.54, 1.807) is 19.1 Å². The molecule has 7 nitrogen and oxygen atoms in total. The molecule has 1 fully saturated rings. The first-order valence-electron chi connectivity index (χ1n) is 6.41. The van der Waals surface area contributed by atoms with Gasteiger partial charge < -0.3 is 10.3 Å². The third-order valence-corrected chi connectivity index (χ3v) is 3.51. The predicted molar refractivity (Wildman–Crippen MR) is 70.8 cm³/mol. The fraction of sp³-hybridized carbons (Fsp3) is 0.385. The van der Waals surface area contributed by atoms with E-state index < -0.39 is 4.92 Å². The van der Waals surface area contributed by atoms with Crippen molar-refractivity contribution < 1.29 is 9.45 Å². The largest absolute Gasteiger partial charge is 0.334 e. The van der Waals surface area contributed by atoms with Crippen LogP contribution < -0.4 is 5.73 Å². The molecule has 1 heterocycles. The highest BCUT2D eigenvalue weighted by molar-refractivity contribution is 5.58. The zero-order valence-electron chi connectivity index (χ0n) is 10.9. The van der Waals surface area contributed by atoms with E-state index >= 15 is 0 Å². The van der Waals surface area contributed by atoms with Gasteiger partial charge in [0.2, 0.25) is 0 Å². The Morgan fingerprint density at radius 1 is 1.50 bits per heavy atom. The number of hydrogen-bond acceptors (Lipinski definition) is 6. The Balaban J connectivity index is 1.89. The summed E-state index contributed by atoms with van der Waals surface area (Å²) in [6.45, 7) is 1.68. The maximum atomic E-state index is 10.8. The minimum atomic E-state index is -0.415. The number of nitrogens with two attached hydrogens (primary N) is 1. The van der Waals surface area contributed by atoms with Crippen LogP contribution in [0.15, 0.2) is 22.7 Å². The monoisotopic (exact) mass is 274 g/mol. The molecular formula is C13H14N4O3. The Morgan fingerprint density at radius 3 is 2.85 bits per heavy atom. The molecule has 1 aromatic carbocycles. The van der Waals surface area contributed by atoms with Gasteiger partial charge >= 0.3 is 0 Å². The van der Waals surface area contributed by atoms with Gasteiger partial charge in [0.15, 0.2) is 5.82 Å². The van der Waals surface area contributed by atoms with Gasteiger partial charge in [0.05, 0.1) is 11.0 Å². The van der Waals surface area contributed by atoms with Crippen molar-refractivity contribution >= 4 is 5.69 Å². The van der Waals surface area contributed by atoms with Gasteiger partial charge in [-0.15, -0.1) is 0 Å². The number of nitrogens with zero attached hydrogens (tertiary/aromatic N) is 3. The van der Waals surface area contributed by atoms with Crippen molar-refractivity contribution in [3.8, 4) is 11.5 Å². The number of hydrogen-bond donors (Lipinski definition) is 1. The summed E-state index contributed by atoms with van der Waals surface area (Å²) < 4.78 is 5.19. The molecule has 0 saturated heterocycles. The molecule has 1 atom stereocenters. The summed E-state index contributed by atoms with van der Waals surface area (Å²) in [6.07, 6.45) is 2.20. The van der Waals surface area contributed by atoms with Crippen molar-refractivity contribution in [2.75, 3.05) is 0 Å². The molecule has 2 aromatic rings. The smallest absolute Gasteiger partial charge is 0.272 e. The van der Waals surface area contributed by atoms with Gasteiger partial charge in [-0.25, -0.2) is 0 Å². The second-order valence-corrected chi connectivity index (χ2v) is 5.08. The SMILES string of the molecule is Cc1cc(-c2nc(C(N)C3CC3)no2)ccc1[N+](=O)[O-]. The lowest BCUT2D eigenvalue weighted by atomic mass is 10.1. The molecule has 3 rings (SSSR count). The van der Waals surface area contributed by atoms with Crippen LogP contribution in [0, 0.1) is 23.0 Å². The van der Waals surface area contributed by atoms with E-state index in [-0.39, 0.29) is 11.7 Å². The molecule has 0 aliphatic heterocycles. The van der Waals surface area contributed by atoms with Crippen LogP contribution in [0.4, 0.5) is 5.69 Å². The third kappa shape index (κ3) is 2.27. The van der Waals surface area contributed by atoms with Crippen molar-refractivity contribution in [1.82, 2.24) is 10.1 Å². The standard InChI is InChI=1S/C13H14N4O3/c1-7-6-9(4-5-10(7)17(18)19)13-15-12(16-20-13)11(14)8-2-3-8/h4-6,8,11H,2-3,14H2,1H3. The molecule has 1 aliphatic carbocycles. The minimum Gasteiger partial charge on any atom is -0.334 e. The van der Waals surface area contributed by atoms with E-state index in [1.807, 2.05) is 0 Å². The molecule has 0 radical (unpaired) electrons. The Labute approximate surface area is 114 Å². The van der Waals surface area contributed by atoms with Crippen LogP contribution >= 0.6 is 0 Å². The molecule has 0 bridgehead atoms. The zero-order chi connectivity index (χ0) is 14.3. The maximum Gasteiger partial charge on any atom is 0.272 e. The first kappa shape index (κ1) is 12.7. The average Bonchev–Trinajstić information content (AvgIpc) is 3.14. The molecule has 104 valence electrons. The van der Waals surface area contributed by atoms with Crippen LogP contribution in [0.1, 0.15) is 30.3 Å². The lowest BCUT2D eigenvalue weighted by molar-refractivity contribution is -0.385. The first-order valence-corrected chi connectivity index (χ1v) is 6.41. The van der Waals surface area contributed by atoms with Crippen LogP contribution in [0.5, 0.6) is 0 Å². The summed E-state index contributed by atoms with van der Waals surface area (Å²) in [7, 11) is 0. The zero-order valence-corrected chi connectivity index (χ0v) is 10.9. The van der Waals surface area contributed by atoms with Gasteiger partial charge in [-0.1, -0.05) is 5.16 Å². The van der Waals surface area contributed by atoms with E-state index in [0.29, 0.717) is 28.8 Å². The van der Waals surface area contributed by atoms with Gasteiger partial charge in [0, 0.05) is 17.2 Å². The number of aromatic nitrogens is 2. The van der Waals surface area contributed by atoms with Crippen LogP contribution in [0.3, 0.4) is 0 Å². The van der Waals surface area contributed by atoms with E-state index in [0.717, 1.165) is 12.8 Å². The molecule has 2 N–H and O–H groups in total. The van der Waals surface area contributed by atoms with Gasteiger partial charge in [0.1, 0.15) is 0 Å². The number of aryl methyl sites for hydroxylation is 1. The van der Waals surface area contributed by atoms with Crippen molar-refractivity contribution in [1.29, 1.82) is 0 Å². The van der Waals surface area contributed by atoms with Gasteiger partial charge in [-0.3, -0.25) is 10.1 Å². The highest BCUT2D eigenvalue weighted by Crippen LogP contribution is 2.38. The Hall–Kier alpha value is -2.28. The van der Waals surface area contributed by atoms with Crippen molar-refractivity contribution in [3.05, 3.63) is 39.7 Å². The fourth-order valence-electron chi connectivity index (χ4n) is 2.15. The Bertz CT molecular complexity index is 663. The minimum absolute atomic E-state index is 0.0724. The Kier molecular flexibility index (Phi) is 2.98. The number of benzene rings is 1. The fourth-order valence-corrected chi connectivity index (χ4v) is 2.15. The number of nitro groups is 1.